The Morgan fingerprint density at radius 3 is 2.96 bits per heavy atom. The first-order valence-corrected chi connectivity index (χ1v) is 7.17. The van der Waals surface area contributed by atoms with Gasteiger partial charge in [-0.3, -0.25) is 4.99 Å². The summed E-state index contributed by atoms with van der Waals surface area (Å²) in [7, 11) is 3.64. The molecule has 0 radical (unpaired) electrons. The number of guanidine groups is 1. The van der Waals surface area contributed by atoms with Crippen molar-refractivity contribution in [3.05, 3.63) is 36.3 Å². The number of hydrogen-bond donors (Lipinski definition) is 2. The first kappa shape index (κ1) is 19.4. The number of aliphatic imine (C=N–C) groups is 1. The predicted molar refractivity (Wildman–Crippen MR) is 97.6 cm³/mol. The number of nitrogens with one attached hydrogen (secondary N) is 2. The Kier molecular flexibility index (Phi) is 9.29. The van der Waals surface area contributed by atoms with Crippen LogP contribution in [0.1, 0.15) is 18.0 Å². The zero-order valence-electron chi connectivity index (χ0n) is 13.4. The lowest BCUT2D eigenvalue weighted by molar-refractivity contribution is 0.105. The van der Waals surface area contributed by atoms with Crippen LogP contribution in [-0.2, 0) is 24.9 Å². The van der Waals surface area contributed by atoms with Gasteiger partial charge in [0, 0.05) is 27.2 Å². The van der Waals surface area contributed by atoms with Crippen LogP contribution in [0.25, 0.3) is 0 Å². The fourth-order valence-corrected chi connectivity index (χ4v) is 1.80. The van der Waals surface area contributed by atoms with Gasteiger partial charge in [-0.05, 0) is 18.6 Å². The summed E-state index contributed by atoms with van der Waals surface area (Å²) in [6, 6.07) is 3.75. The van der Waals surface area contributed by atoms with E-state index in [0.717, 1.165) is 30.5 Å². The number of aryl methyl sites for hydroxylation is 1. The second-order valence-corrected chi connectivity index (χ2v) is 4.70. The molecule has 0 bridgehead atoms. The minimum atomic E-state index is 0. The summed E-state index contributed by atoms with van der Waals surface area (Å²) < 4.78 is 12.6. The highest BCUT2D eigenvalue weighted by Gasteiger charge is 2.02. The number of aromatic nitrogens is 3. The van der Waals surface area contributed by atoms with Crippen LogP contribution in [0.5, 0.6) is 0 Å². The second kappa shape index (κ2) is 11.0. The molecule has 0 amide bonds. The van der Waals surface area contributed by atoms with Gasteiger partial charge in [-0.15, -0.1) is 34.2 Å². The topological polar surface area (TPSA) is 89.5 Å². The van der Waals surface area contributed by atoms with Crippen molar-refractivity contribution in [2.24, 2.45) is 12.0 Å². The van der Waals surface area contributed by atoms with Gasteiger partial charge >= 0.3 is 0 Å². The quantitative estimate of drug-likeness (QED) is 0.282. The van der Waals surface area contributed by atoms with Crippen LogP contribution in [0.3, 0.4) is 0 Å². The molecule has 0 aliphatic carbocycles. The third-order valence-corrected chi connectivity index (χ3v) is 3.03. The molecule has 0 atom stereocenters. The molecule has 2 N–H and O–H groups in total. The molecular formula is C14H23IN6O2. The van der Waals surface area contributed by atoms with Gasteiger partial charge in [-0.25, -0.2) is 0 Å². The molecule has 9 heteroatoms. The maximum atomic E-state index is 5.51. The number of halogens is 1. The average molecular weight is 434 g/mol. The normalized spacial score (nSPS) is 11.1. The Morgan fingerprint density at radius 2 is 2.30 bits per heavy atom. The zero-order valence-corrected chi connectivity index (χ0v) is 15.7. The van der Waals surface area contributed by atoms with Crippen molar-refractivity contribution in [1.82, 2.24) is 25.4 Å². The lowest BCUT2D eigenvalue weighted by Gasteiger charge is -2.11. The standard InChI is InChI=1S/C14H22N6O2.HI/c1-15-14(17-9-13-19-18-11-20(13)2)16-6-4-7-21-10-12-5-3-8-22-12;/h3,5,8,11H,4,6-7,9-10H2,1-2H3,(H2,15,16,17);1H. The van der Waals surface area contributed by atoms with Crippen LogP contribution < -0.4 is 10.6 Å². The van der Waals surface area contributed by atoms with Crippen LogP contribution >= 0.6 is 24.0 Å². The number of ether oxygens (including phenoxy) is 1. The molecule has 0 spiro atoms. The van der Waals surface area contributed by atoms with Gasteiger partial charge in [0.25, 0.3) is 0 Å². The Morgan fingerprint density at radius 1 is 1.43 bits per heavy atom. The van der Waals surface area contributed by atoms with E-state index >= 15 is 0 Å². The number of nitrogens with zero attached hydrogens (tertiary/aromatic N) is 4. The van der Waals surface area contributed by atoms with Crippen molar-refractivity contribution in [3.63, 3.8) is 0 Å². The van der Waals surface area contributed by atoms with Crippen molar-refractivity contribution >= 4 is 29.9 Å². The lowest BCUT2D eigenvalue weighted by Crippen LogP contribution is -2.38. The van der Waals surface area contributed by atoms with Crippen molar-refractivity contribution < 1.29 is 9.15 Å². The van der Waals surface area contributed by atoms with Crippen molar-refractivity contribution in [3.8, 4) is 0 Å². The van der Waals surface area contributed by atoms with E-state index in [2.05, 4.69) is 25.8 Å². The first-order chi connectivity index (χ1) is 10.8. The van der Waals surface area contributed by atoms with E-state index in [9.17, 15) is 0 Å². The number of hydrogen-bond acceptors (Lipinski definition) is 5. The molecule has 0 saturated carbocycles. The molecule has 8 nitrogen and oxygen atoms in total. The molecule has 0 aliphatic heterocycles. The SMILES string of the molecule is CN=C(NCCCOCc1ccco1)NCc1nncn1C.I. The summed E-state index contributed by atoms with van der Waals surface area (Å²) in [5.41, 5.74) is 0. The molecular weight excluding hydrogens is 411 g/mol. The molecule has 0 aliphatic rings. The van der Waals surface area contributed by atoms with E-state index in [1.54, 1.807) is 19.6 Å². The maximum Gasteiger partial charge on any atom is 0.191 e. The highest BCUT2D eigenvalue weighted by Crippen LogP contribution is 2.01. The third kappa shape index (κ3) is 6.99. The van der Waals surface area contributed by atoms with Gasteiger partial charge in [-0.1, -0.05) is 0 Å². The van der Waals surface area contributed by atoms with Crippen molar-refractivity contribution in [1.29, 1.82) is 0 Å². The van der Waals surface area contributed by atoms with Gasteiger partial charge < -0.3 is 24.4 Å². The Balaban J connectivity index is 0.00000264. The summed E-state index contributed by atoms with van der Waals surface area (Å²) >= 11 is 0. The van der Waals surface area contributed by atoms with Crippen LogP contribution in [0, 0.1) is 0 Å². The van der Waals surface area contributed by atoms with E-state index in [-0.39, 0.29) is 24.0 Å². The molecule has 23 heavy (non-hydrogen) atoms. The lowest BCUT2D eigenvalue weighted by atomic mass is 10.4. The van der Waals surface area contributed by atoms with Crippen LogP contribution in [-0.4, -0.2) is 40.9 Å². The van der Waals surface area contributed by atoms with Gasteiger partial charge in [0.15, 0.2) is 11.8 Å². The Hall–Kier alpha value is -1.62. The van der Waals surface area contributed by atoms with E-state index in [1.165, 1.54) is 0 Å². The fraction of sp³-hybridized carbons (Fsp3) is 0.500. The fourth-order valence-electron chi connectivity index (χ4n) is 1.80. The minimum Gasteiger partial charge on any atom is -0.467 e. The molecule has 0 aromatic carbocycles. The summed E-state index contributed by atoms with van der Waals surface area (Å²) in [6.07, 6.45) is 4.20. The second-order valence-electron chi connectivity index (χ2n) is 4.70. The maximum absolute atomic E-state index is 5.51. The van der Waals surface area contributed by atoms with Crippen LogP contribution in [0.15, 0.2) is 34.1 Å². The van der Waals surface area contributed by atoms with Crippen molar-refractivity contribution in [2.75, 3.05) is 20.2 Å². The molecule has 0 saturated heterocycles. The van der Waals surface area contributed by atoms with E-state index in [0.29, 0.717) is 19.8 Å². The highest BCUT2D eigenvalue weighted by atomic mass is 127. The minimum absolute atomic E-state index is 0. The van der Waals surface area contributed by atoms with Gasteiger partial charge in [0.2, 0.25) is 0 Å². The van der Waals surface area contributed by atoms with E-state index in [4.69, 9.17) is 9.15 Å². The summed E-state index contributed by atoms with van der Waals surface area (Å²) in [4.78, 5) is 4.16. The molecule has 2 heterocycles. The predicted octanol–water partition coefficient (Wildman–Crippen LogP) is 1.30. The largest absolute Gasteiger partial charge is 0.467 e. The zero-order chi connectivity index (χ0) is 15.6. The Labute approximate surface area is 152 Å². The van der Waals surface area contributed by atoms with E-state index < -0.39 is 0 Å². The van der Waals surface area contributed by atoms with Crippen LogP contribution in [0.4, 0.5) is 0 Å². The third-order valence-electron chi connectivity index (χ3n) is 3.03. The monoisotopic (exact) mass is 434 g/mol. The average Bonchev–Trinajstić information content (AvgIpc) is 3.17. The van der Waals surface area contributed by atoms with Gasteiger partial charge in [0.1, 0.15) is 18.7 Å². The number of rotatable bonds is 8. The van der Waals surface area contributed by atoms with E-state index in [1.807, 2.05) is 23.7 Å². The summed E-state index contributed by atoms with van der Waals surface area (Å²) in [6.45, 7) is 2.52. The smallest absolute Gasteiger partial charge is 0.191 e. The van der Waals surface area contributed by atoms with Crippen LogP contribution in [0.2, 0.25) is 0 Å². The summed E-state index contributed by atoms with van der Waals surface area (Å²) in [5, 5.41) is 14.2. The molecule has 2 aromatic heterocycles. The van der Waals surface area contributed by atoms with Gasteiger partial charge in [0.05, 0.1) is 12.8 Å². The number of furan rings is 1. The highest BCUT2D eigenvalue weighted by molar-refractivity contribution is 14.0. The molecule has 0 unspecified atom stereocenters. The van der Waals surface area contributed by atoms with Gasteiger partial charge in [-0.2, -0.15) is 0 Å². The first-order valence-electron chi connectivity index (χ1n) is 7.17. The molecule has 0 fully saturated rings. The molecule has 128 valence electrons. The summed E-state index contributed by atoms with van der Waals surface area (Å²) in [5.74, 6) is 2.42. The molecule has 2 aromatic rings. The van der Waals surface area contributed by atoms with Crippen molar-refractivity contribution in [2.45, 2.75) is 19.6 Å². The molecule has 2 rings (SSSR count). The Bertz CT molecular complexity index is 570.